The van der Waals surface area contributed by atoms with Crippen molar-refractivity contribution in [3.8, 4) is 0 Å². The Morgan fingerprint density at radius 3 is 2.86 bits per heavy atom. The van der Waals surface area contributed by atoms with Crippen LogP contribution in [0.3, 0.4) is 0 Å². The Hall–Kier alpha value is -0.580. The molecule has 0 aromatic carbocycles. The first-order valence-corrected chi connectivity index (χ1v) is 5.59. The van der Waals surface area contributed by atoms with E-state index in [1.807, 2.05) is 0 Å². The van der Waals surface area contributed by atoms with E-state index in [4.69, 9.17) is 11.6 Å². The van der Waals surface area contributed by atoms with Crippen molar-refractivity contribution in [3.05, 3.63) is 21.3 Å². The fourth-order valence-electron chi connectivity index (χ4n) is 1.79. The average Bonchev–Trinajstić information content (AvgIpc) is 2.71. The summed E-state index contributed by atoms with van der Waals surface area (Å²) < 4.78 is 0.634. The summed E-state index contributed by atoms with van der Waals surface area (Å²) in [6.07, 6.45) is 1.53. The van der Waals surface area contributed by atoms with E-state index in [2.05, 4.69) is 5.32 Å². The Labute approximate surface area is 90.7 Å². The minimum absolute atomic E-state index is 0.634. The quantitative estimate of drug-likeness (QED) is 0.819. The van der Waals surface area contributed by atoms with Crippen LogP contribution in [0, 0.1) is 0 Å². The van der Waals surface area contributed by atoms with Crippen molar-refractivity contribution in [1.29, 1.82) is 0 Å². The lowest BCUT2D eigenvalue weighted by molar-refractivity contribution is -0.144. The van der Waals surface area contributed by atoms with Crippen LogP contribution in [0.25, 0.3) is 0 Å². The molecule has 3 nitrogen and oxygen atoms in total. The van der Waals surface area contributed by atoms with Crippen LogP contribution in [0.5, 0.6) is 0 Å². The molecule has 0 spiro atoms. The third kappa shape index (κ3) is 1.43. The summed E-state index contributed by atoms with van der Waals surface area (Å²) in [6, 6.07) is 3.53. The van der Waals surface area contributed by atoms with Crippen molar-refractivity contribution in [3.63, 3.8) is 0 Å². The zero-order chi connectivity index (χ0) is 10.2. The van der Waals surface area contributed by atoms with Gasteiger partial charge in [0.25, 0.3) is 0 Å². The highest BCUT2D eigenvalue weighted by molar-refractivity contribution is 7.16. The summed E-state index contributed by atoms with van der Waals surface area (Å²) in [5, 5.41) is 12.3. The molecule has 0 bridgehead atoms. The minimum atomic E-state index is -0.891. The van der Waals surface area contributed by atoms with Gasteiger partial charge in [0.05, 0.1) is 4.34 Å². The number of rotatable bonds is 2. The molecule has 14 heavy (non-hydrogen) atoms. The second-order valence-electron chi connectivity index (χ2n) is 3.34. The summed E-state index contributed by atoms with van der Waals surface area (Å²) in [5.74, 6) is -0.812. The van der Waals surface area contributed by atoms with E-state index in [1.165, 1.54) is 11.3 Å². The zero-order valence-electron chi connectivity index (χ0n) is 7.42. The smallest absolute Gasteiger partial charge is 0.329 e. The highest BCUT2D eigenvalue weighted by Gasteiger charge is 2.43. The van der Waals surface area contributed by atoms with Gasteiger partial charge < -0.3 is 5.11 Å². The number of thiophene rings is 1. The molecule has 1 saturated heterocycles. The van der Waals surface area contributed by atoms with Crippen LogP contribution in [-0.4, -0.2) is 17.6 Å². The maximum absolute atomic E-state index is 11.2. The fourth-order valence-corrected chi connectivity index (χ4v) is 3.02. The molecule has 5 heteroatoms. The molecule has 0 amide bonds. The van der Waals surface area contributed by atoms with Gasteiger partial charge in [-0.3, -0.25) is 5.32 Å². The van der Waals surface area contributed by atoms with Crippen molar-refractivity contribution < 1.29 is 9.90 Å². The highest BCUT2D eigenvalue weighted by Crippen LogP contribution is 2.37. The predicted octanol–water partition coefficient (Wildman–Crippen LogP) is 2.06. The first-order chi connectivity index (χ1) is 6.65. The molecule has 1 aromatic heterocycles. The van der Waals surface area contributed by atoms with Gasteiger partial charge in [0.2, 0.25) is 0 Å². The van der Waals surface area contributed by atoms with Crippen molar-refractivity contribution in [2.45, 2.75) is 18.4 Å². The molecular formula is C9H10ClNO2S. The number of aliphatic carboxylic acids is 1. The zero-order valence-corrected chi connectivity index (χ0v) is 8.99. The molecule has 1 aliphatic heterocycles. The number of carbonyl (C=O) groups is 1. The van der Waals surface area contributed by atoms with Gasteiger partial charge in [-0.25, -0.2) is 4.79 Å². The maximum Gasteiger partial charge on any atom is 0.329 e. The number of hydrogen-bond acceptors (Lipinski definition) is 3. The van der Waals surface area contributed by atoms with Gasteiger partial charge in [0, 0.05) is 4.88 Å². The lowest BCUT2D eigenvalue weighted by Gasteiger charge is -2.22. The van der Waals surface area contributed by atoms with E-state index in [0.29, 0.717) is 10.8 Å². The monoisotopic (exact) mass is 231 g/mol. The van der Waals surface area contributed by atoms with Gasteiger partial charge in [-0.2, -0.15) is 0 Å². The number of hydrogen-bond donors (Lipinski definition) is 2. The predicted molar refractivity (Wildman–Crippen MR) is 55.9 cm³/mol. The van der Waals surface area contributed by atoms with Crippen molar-refractivity contribution in [2.75, 3.05) is 6.54 Å². The highest BCUT2D eigenvalue weighted by atomic mass is 35.5. The average molecular weight is 232 g/mol. The van der Waals surface area contributed by atoms with Gasteiger partial charge in [0.1, 0.15) is 0 Å². The lowest BCUT2D eigenvalue weighted by Crippen LogP contribution is -2.43. The van der Waals surface area contributed by atoms with Gasteiger partial charge in [-0.15, -0.1) is 11.3 Å². The van der Waals surface area contributed by atoms with Crippen LogP contribution in [0.2, 0.25) is 4.34 Å². The fraction of sp³-hybridized carbons (Fsp3) is 0.444. The van der Waals surface area contributed by atoms with Crippen LogP contribution in [0.1, 0.15) is 17.7 Å². The Balaban J connectivity index is 2.41. The molecule has 0 saturated carbocycles. The normalized spacial score (nSPS) is 26.6. The molecule has 1 fully saturated rings. The summed E-state index contributed by atoms with van der Waals surface area (Å²) in [6.45, 7) is 0.752. The molecule has 0 radical (unpaired) electrons. The summed E-state index contributed by atoms with van der Waals surface area (Å²) in [7, 11) is 0. The largest absolute Gasteiger partial charge is 0.480 e. The van der Waals surface area contributed by atoms with E-state index in [1.54, 1.807) is 12.1 Å². The summed E-state index contributed by atoms with van der Waals surface area (Å²) in [5.41, 5.74) is -0.891. The van der Waals surface area contributed by atoms with E-state index in [9.17, 15) is 9.90 Å². The molecule has 2 heterocycles. The Morgan fingerprint density at radius 1 is 1.64 bits per heavy atom. The summed E-state index contributed by atoms with van der Waals surface area (Å²) >= 11 is 7.14. The van der Waals surface area contributed by atoms with Crippen molar-refractivity contribution in [2.24, 2.45) is 0 Å². The second-order valence-corrected chi connectivity index (χ2v) is 5.06. The Kier molecular flexibility index (Phi) is 2.51. The number of carboxylic acids is 1. The molecule has 2 rings (SSSR count). The molecular weight excluding hydrogens is 222 g/mol. The molecule has 76 valence electrons. The summed E-state index contributed by atoms with van der Waals surface area (Å²) in [4.78, 5) is 12.0. The van der Waals surface area contributed by atoms with E-state index < -0.39 is 11.5 Å². The van der Waals surface area contributed by atoms with Crippen molar-refractivity contribution in [1.82, 2.24) is 5.32 Å². The Bertz CT molecular complexity index is 357. The maximum atomic E-state index is 11.2. The minimum Gasteiger partial charge on any atom is -0.480 e. The van der Waals surface area contributed by atoms with E-state index >= 15 is 0 Å². The lowest BCUT2D eigenvalue weighted by atomic mass is 9.96. The molecule has 0 aliphatic carbocycles. The third-order valence-corrected chi connectivity index (χ3v) is 3.91. The van der Waals surface area contributed by atoms with Crippen LogP contribution >= 0.6 is 22.9 Å². The van der Waals surface area contributed by atoms with Gasteiger partial charge in [0.15, 0.2) is 5.54 Å². The standard InChI is InChI=1S/C9H10ClNO2S/c10-7-3-2-6(14-7)9(8(12)13)4-1-5-11-9/h2-3,11H,1,4-5H2,(H,12,13). The molecule has 1 unspecified atom stereocenters. The number of nitrogens with one attached hydrogen (secondary N) is 1. The van der Waals surface area contributed by atoms with Gasteiger partial charge in [-0.05, 0) is 31.5 Å². The SMILES string of the molecule is O=C(O)C1(c2ccc(Cl)s2)CCCN1. The van der Waals surface area contributed by atoms with Crippen molar-refractivity contribution >= 4 is 28.9 Å². The number of halogens is 1. The van der Waals surface area contributed by atoms with Gasteiger partial charge >= 0.3 is 5.97 Å². The van der Waals surface area contributed by atoms with Crippen LogP contribution in [0.4, 0.5) is 0 Å². The number of carboxylic acid groups (broad SMARTS) is 1. The second kappa shape index (κ2) is 3.53. The molecule has 2 N–H and O–H groups in total. The van der Waals surface area contributed by atoms with Crippen LogP contribution in [0.15, 0.2) is 12.1 Å². The van der Waals surface area contributed by atoms with Gasteiger partial charge in [-0.1, -0.05) is 11.6 Å². The van der Waals surface area contributed by atoms with E-state index in [-0.39, 0.29) is 0 Å². The molecule has 1 atom stereocenters. The molecule has 1 aromatic rings. The van der Waals surface area contributed by atoms with Crippen LogP contribution < -0.4 is 5.32 Å². The van der Waals surface area contributed by atoms with Crippen LogP contribution in [-0.2, 0) is 10.3 Å². The van der Waals surface area contributed by atoms with E-state index in [0.717, 1.165) is 17.8 Å². The topological polar surface area (TPSA) is 49.3 Å². The first kappa shape index (κ1) is 9.96. The third-order valence-electron chi connectivity index (χ3n) is 2.51. The Morgan fingerprint density at radius 2 is 2.43 bits per heavy atom. The molecule has 1 aliphatic rings. The first-order valence-electron chi connectivity index (χ1n) is 4.39.